The van der Waals surface area contributed by atoms with Gasteiger partial charge in [-0.25, -0.2) is 0 Å². The van der Waals surface area contributed by atoms with Gasteiger partial charge in [-0.1, -0.05) is 33.8 Å². The lowest BCUT2D eigenvalue weighted by Gasteiger charge is -2.22. The molecule has 0 radical (unpaired) electrons. The normalized spacial score (nSPS) is 15.6. The maximum atomic E-state index is 2.47. The van der Waals surface area contributed by atoms with Crippen LogP contribution in [0.15, 0.2) is 17.0 Å². The van der Waals surface area contributed by atoms with E-state index in [9.17, 15) is 0 Å². The molecular weight excluding hydrogens is 212 g/mol. The highest BCUT2D eigenvalue weighted by Gasteiger charge is 2.16. The first-order valence-corrected chi connectivity index (χ1v) is 7.37. The van der Waals surface area contributed by atoms with E-state index in [1.807, 2.05) is 11.8 Å². The van der Waals surface area contributed by atoms with E-state index in [-0.39, 0.29) is 0 Å². The summed E-state index contributed by atoms with van der Waals surface area (Å²) >= 11 is 2.04. The smallest absolute Gasteiger partial charge is 0.0107 e. The molecule has 0 amide bonds. The largest absolute Gasteiger partial charge is 0.126 e. The lowest BCUT2D eigenvalue weighted by atomic mass is 9.88. The van der Waals surface area contributed by atoms with Gasteiger partial charge in [-0.05, 0) is 53.2 Å². The highest BCUT2D eigenvalue weighted by molar-refractivity contribution is 7.99. The minimum atomic E-state index is 0.644. The molecule has 1 aromatic rings. The molecule has 0 bridgehead atoms. The van der Waals surface area contributed by atoms with Gasteiger partial charge in [0.25, 0.3) is 0 Å². The third kappa shape index (κ3) is 2.29. The van der Waals surface area contributed by atoms with Crippen LogP contribution in [0.25, 0.3) is 0 Å². The summed E-state index contributed by atoms with van der Waals surface area (Å²) < 4.78 is 0. The van der Waals surface area contributed by atoms with Crippen LogP contribution in [0.1, 0.15) is 62.6 Å². The van der Waals surface area contributed by atoms with Gasteiger partial charge in [0.2, 0.25) is 0 Å². The summed E-state index contributed by atoms with van der Waals surface area (Å²) in [6, 6.07) is 4.93. The summed E-state index contributed by atoms with van der Waals surface area (Å²) in [5.41, 5.74) is 4.71. The van der Waals surface area contributed by atoms with E-state index in [4.69, 9.17) is 0 Å². The molecule has 88 valence electrons. The molecule has 1 aromatic carbocycles. The molecule has 16 heavy (non-hydrogen) atoms. The summed E-state index contributed by atoms with van der Waals surface area (Å²) in [7, 11) is 0. The Balaban J connectivity index is 2.50. The summed E-state index contributed by atoms with van der Waals surface area (Å²) in [5, 5.41) is 0. The van der Waals surface area contributed by atoms with E-state index < -0.39 is 0 Å². The first-order chi connectivity index (χ1) is 7.59. The number of hydrogen-bond acceptors (Lipinski definition) is 1. The topological polar surface area (TPSA) is 0 Å². The Hall–Kier alpha value is -0.430. The fourth-order valence-electron chi connectivity index (χ4n) is 2.43. The Morgan fingerprint density at radius 1 is 1.00 bits per heavy atom. The Bertz CT molecular complexity index is 340. The average Bonchev–Trinajstić information content (AvgIpc) is 2.27. The lowest BCUT2D eigenvalue weighted by Crippen LogP contribution is -2.05. The molecule has 0 unspecified atom stereocenters. The van der Waals surface area contributed by atoms with Crippen LogP contribution in [0.4, 0.5) is 0 Å². The van der Waals surface area contributed by atoms with Crippen molar-refractivity contribution in [3.63, 3.8) is 0 Å². The van der Waals surface area contributed by atoms with Gasteiger partial charge < -0.3 is 0 Å². The van der Waals surface area contributed by atoms with Crippen LogP contribution in [0.2, 0.25) is 0 Å². The third-order valence-electron chi connectivity index (χ3n) is 3.36. The molecule has 2 rings (SSSR count). The Labute approximate surface area is 104 Å². The van der Waals surface area contributed by atoms with Crippen LogP contribution in [-0.4, -0.2) is 5.75 Å². The zero-order chi connectivity index (χ0) is 11.7. The second-order valence-corrected chi connectivity index (χ2v) is 6.49. The van der Waals surface area contributed by atoms with Gasteiger partial charge in [0, 0.05) is 4.90 Å². The fraction of sp³-hybridized carbons (Fsp3) is 0.600. The highest BCUT2D eigenvalue weighted by atomic mass is 32.2. The molecule has 0 saturated carbocycles. The molecule has 1 aliphatic heterocycles. The zero-order valence-corrected chi connectivity index (χ0v) is 11.7. The molecule has 0 aromatic heterocycles. The molecule has 1 heterocycles. The van der Waals surface area contributed by atoms with E-state index in [1.54, 1.807) is 21.6 Å². The second-order valence-electron chi connectivity index (χ2n) is 5.35. The van der Waals surface area contributed by atoms with Crippen LogP contribution >= 0.6 is 11.8 Å². The number of fused-ring (bicyclic) bond motifs is 1. The molecule has 0 atom stereocenters. The maximum Gasteiger partial charge on any atom is 0.0107 e. The standard InChI is InChI=1S/C15H22S/c1-10(2)13-8-12-6-5-7-16-15(12)9-14(13)11(3)4/h8-11H,5-7H2,1-4H3. The van der Waals surface area contributed by atoms with Crippen molar-refractivity contribution in [1.29, 1.82) is 0 Å². The number of aryl methyl sites for hydroxylation is 1. The molecular formula is C15H22S. The van der Waals surface area contributed by atoms with Crippen molar-refractivity contribution in [3.05, 3.63) is 28.8 Å². The van der Waals surface area contributed by atoms with Gasteiger partial charge in [-0.2, -0.15) is 0 Å². The number of rotatable bonds is 2. The summed E-state index contributed by atoms with van der Waals surface area (Å²) in [6.07, 6.45) is 2.62. The van der Waals surface area contributed by atoms with Crippen molar-refractivity contribution in [2.24, 2.45) is 0 Å². The molecule has 0 aliphatic carbocycles. The minimum Gasteiger partial charge on any atom is -0.126 e. The summed E-state index contributed by atoms with van der Waals surface area (Å²) in [5.74, 6) is 2.59. The first-order valence-electron chi connectivity index (χ1n) is 6.39. The summed E-state index contributed by atoms with van der Waals surface area (Å²) in [4.78, 5) is 1.54. The predicted molar refractivity (Wildman–Crippen MR) is 73.7 cm³/mol. The monoisotopic (exact) mass is 234 g/mol. The molecule has 0 saturated heterocycles. The highest BCUT2D eigenvalue weighted by Crippen LogP contribution is 2.36. The van der Waals surface area contributed by atoms with Crippen LogP contribution in [-0.2, 0) is 6.42 Å². The SMILES string of the molecule is CC(C)c1cc2c(cc1C(C)C)SCCC2. The Morgan fingerprint density at radius 3 is 2.25 bits per heavy atom. The van der Waals surface area contributed by atoms with Crippen LogP contribution in [0.5, 0.6) is 0 Å². The lowest BCUT2D eigenvalue weighted by molar-refractivity contribution is 0.774. The molecule has 1 aliphatic rings. The van der Waals surface area contributed by atoms with E-state index >= 15 is 0 Å². The van der Waals surface area contributed by atoms with Gasteiger partial charge in [0.05, 0.1) is 0 Å². The molecule has 0 N–H and O–H groups in total. The van der Waals surface area contributed by atoms with E-state index in [2.05, 4.69) is 39.8 Å². The molecule has 0 spiro atoms. The third-order valence-corrected chi connectivity index (χ3v) is 4.54. The van der Waals surface area contributed by atoms with Gasteiger partial charge >= 0.3 is 0 Å². The van der Waals surface area contributed by atoms with Crippen molar-refractivity contribution >= 4 is 11.8 Å². The van der Waals surface area contributed by atoms with E-state index in [0.717, 1.165) is 0 Å². The molecule has 0 fully saturated rings. The van der Waals surface area contributed by atoms with Crippen LogP contribution < -0.4 is 0 Å². The van der Waals surface area contributed by atoms with Gasteiger partial charge in [-0.3, -0.25) is 0 Å². The fourth-order valence-corrected chi connectivity index (χ4v) is 3.50. The Kier molecular flexibility index (Phi) is 3.63. The van der Waals surface area contributed by atoms with Crippen molar-refractivity contribution in [2.75, 3.05) is 5.75 Å². The zero-order valence-electron chi connectivity index (χ0n) is 10.8. The Morgan fingerprint density at radius 2 is 1.62 bits per heavy atom. The summed E-state index contributed by atoms with van der Waals surface area (Å²) in [6.45, 7) is 9.23. The molecule has 0 nitrogen and oxygen atoms in total. The van der Waals surface area contributed by atoms with Gasteiger partial charge in [0.15, 0.2) is 0 Å². The first kappa shape index (κ1) is 12.0. The van der Waals surface area contributed by atoms with Crippen molar-refractivity contribution in [3.8, 4) is 0 Å². The quantitative estimate of drug-likeness (QED) is 0.696. The average molecular weight is 234 g/mol. The second kappa shape index (κ2) is 4.83. The van der Waals surface area contributed by atoms with Crippen molar-refractivity contribution in [1.82, 2.24) is 0 Å². The minimum absolute atomic E-state index is 0.644. The van der Waals surface area contributed by atoms with Crippen LogP contribution in [0.3, 0.4) is 0 Å². The number of hydrogen-bond donors (Lipinski definition) is 0. The molecule has 1 heteroatoms. The van der Waals surface area contributed by atoms with E-state index in [1.165, 1.54) is 18.6 Å². The van der Waals surface area contributed by atoms with Gasteiger partial charge in [-0.15, -0.1) is 11.8 Å². The van der Waals surface area contributed by atoms with Crippen molar-refractivity contribution < 1.29 is 0 Å². The van der Waals surface area contributed by atoms with Gasteiger partial charge in [0.1, 0.15) is 0 Å². The van der Waals surface area contributed by atoms with Crippen LogP contribution in [0, 0.1) is 0 Å². The number of benzene rings is 1. The van der Waals surface area contributed by atoms with Crippen molar-refractivity contribution in [2.45, 2.75) is 57.3 Å². The number of thioether (sulfide) groups is 1. The maximum absolute atomic E-state index is 2.47. The van der Waals surface area contributed by atoms with E-state index in [0.29, 0.717) is 11.8 Å². The predicted octanol–water partition coefficient (Wildman–Crippen LogP) is 4.97.